The molecule has 2 aliphatic rings. The molecule has 8 heavy (non-hydrogen) atoms. The van der Waals surface area contributed by atoms with Crippen molar-refractivity contribution in [2.24, 2.45) is 11.8 Å². The number of hydrogen-bond donors (Lipinski definition) is 0. The lowest BCUT2D eigenvalue weighted by atomic mass is 9.96. The molecule has 0 amide bonds. The third kappa shape index (κ3) is 0.460. The van der Waals surface area contributed by atoms with Crippen LogP contribution in [0.2, 0.25) is 0 Å². The number of hydrogen-bond acceptors (Lipinski definition) is 0. The molecule has 0 aromatic heterocycles. The third-order valence-electron chi connectivity index (χ3n) is 2.59. The molecule has 1 radical (unpaired) electrons. The molecule has 0 nitrogen and oxygen atoms in total. The second-order valence-corrected chi connectivity index (χ2v) is 3.16. The molecule has 2 fully saturated rings. The molecule has 2 unspecified atom stereocenters. The van der Waals surface area contributed by atoms with Crippen molar-refractivity contribution in [3.63, 3.8) is 0 Å². The fourth-order valence-corrected chi connectivity index (χ4v) is 2.10. The predicted octanol–water partition coefficient (Wildman–Crippen LogP) is 2.17. The first-order valence-corrected chi connectivity index (χ1v) is 3.47. The van der Waals surface area contributed by atoms with Crippen molar-refractivity contribution in [3.05, 3.63) is 12.2 Å². The van der Waals surface area contributed by atoms with Crippen LogP contribution in [0.25, 0.3) is 0 Å². The quantitative estimate of drug-likeness (QED) is 0.445. The van der Waals surface area contributed by atoms with Crippen LogP contribution in [0.5, 0.6) is 0 Å². The SMILES string of the molecule is [CH]=C1CC2CCC1C2. The Bertz CT molecular complexity index is 124. The summed E-state index contributed by atoms with van der Waals surface area (Å²) in [6, 6.07) is 0. The molecular weight excluding hydrogens is 96.1 g/mol. The van der Waals surface area contributed by atoms with Gasteiger partial charge in [0.1, 0.15) is 0 Å². The monoisotopic (exact) mass is 107 g/mol. The molecule has 2 rings (SSSR count). The van der Waals surface area contributed by atoms with Crippen LogP contribution in [0.4, 0.5) is 0 Å². The van der Waals surface area contributed by atoms with Crippen molar-refractivity contribution < 1.29 is 0 Å². The number of rotatable bonds is 0. The highest BCUT2D eigenvalue weighted by Crippen LogP contribution is 2.46. The maximum atomic E-state index is 5.74. The van der Waals surface area contributed by atoms with Crippen molar-refractivity contribution in [2.75, 3.05) is 0 Å². The van der Waals surface area contributed by atoms with E-state index in [1.807, 2.05) is 0 Å². The average molecular weight is 107 g/mol. The van der Waals surface area contributed by atoms with E-state index in [2.05, 4.69) is 0 Å². The third-order valence-corrected chi connectivity index (χ3v) is 2.59. The van der Waals surface area contributed by atoms with Gasteiger partial charge in [-0.05, 0) is 37.5 Å². The molecule has 0 N–H and O–H groups in total. The normalized spacial score (nSPS) is 43.8. The van der Waals surface area contributed by atoms with Crippen molar-refractivity contribution in [1.82, 2.24) is 0 Å². The summed E-state index contributed by atoms with van der Waals surface area (Å²) in [5, 5.41) is 0. The van der Waals surface area contributed by atoms with E-state index in [0.29, 0.717) is 0 Å². The van der Waals surface area contributed by atoms with Gasteiger partial charge in [0, 0.05) is 0 Å². The topological polar surface area (TPSA) is 0 Å². The first-order valence-electron chi connectivity index (χ1n) is 3.47. The minimum atomic E-state index is 0.833. The Kier molecular flexibility index (Phi) is 0.787. The second-order valence-electron chi connectivity index (χ2n) is 3.16. The van der Waals surface area contributed by atoms with Gasteiger partial charge in [-0.15, -0.1) is 0 Å². The van der Waals surface area contributed by atoms with Crippen molar-refractivity contribution in [3.8, 4) is 0 Å². The summed E-state index contributed by atoms with van der Waals surface area (Å²) >= 11 is 0. The van der Waals surface area contributed by atoms with E-state index in [4.69, 9.17) is 6.58 Å². The fourth-order valence-electron chi connectivity index (χ4n) is 2.10. The zero-order valence-electron chi connectivity index (χ0n) is 5.06. The molecular formula is C8H11. The Morgan fingerprint density at radius 1 is 1.38 bits per heavy atom. The lowest BCUT2D eigenvalue weighted by Gasteiger charge is -2.09. The molecule has 2 atom stereocenters. The molecule has 0 aliphatic heterocycles. The van der Waals surface area contributed by atoms with E-state index < -0.39 is 0 Å². The lowest BCUT2D eigenvalue weighted by molar-refractivity contribution is 0.561. The highest BCUT2D eigenvalue weighted by molar-refractivity contribution is 5.10. The molecule has 0 heterocycles. The van der Waals surface area contributed by atoms with Crippen molar-refractivity contribution >= 4 is 0 Å². The summed E-state index contributed by atoms with van der Waals surface area (Å²) in [5.41, 5.74) is 1.29. The molecule has 2 bridgehead atoms. The second kappa shape index (κ2) is 1.37. The standard InChI is InChI=1S/C8H11/c1-6-4-7-2-3-8(6)5-7/h1,7-8H,2-5H2. The average Bonchev–Trinajstić information content (AvgIpc) is 2.23. The van der Waals surface area contributed by atoms with Gasteiger partial charge in [0.2, 0.25) is 0 Å². The van der Waals surface area contributed by atoms with Crippen molar-refractivity contribution in [2.45, 2.75) is 25.7 Å². The maximum Gasteiger partial charge on any atom is -0.0197 e. The Hall–Kier alpha value is -0.260. The zero-order chi connectivity index (χ0) is 5.56. The van der Waals surface area contributed by atoms with Gasteiger partial charge >= 0.3 is 0 Å². The molecule has 2 saturated carbocycles. The Labute approximate surface area is 50.6 Å². The van der Waals surface area contributed by atoms with E-state index in [1.54, 1.807) is 0 Å². The number of fused-ring (bicyclic) bond motifs is 2. The van der Waals surface area contributed by atoms with Crippen LogP contribution >= 0.6 is 0 Å². The van der Waals surface area contributed by atoms with Crippen molar-refractivity contribution in [1.29, 1.82) is 0 Å². The fraction of sp³-hybridized carbons (Fsp3) is 0.750. The van der Waals surface area contributed by atoms with E-state index in [0.717, 1.165) is 11.8 Å². The maximum absolute atomic E-state index is 5.74. The largest absolute Gasteiger partial charge is 0.0668 e. The summed E-state index contributed by atoms with van der Waals surface area (Å²) in [4.78, 5) is 0. The van der Waals surface area contributed by atoms with E-state index in [1.165, 1.54) is 31.3 Å². The van der Waals surface area contributed by atoms with E-state index in [9.17, 15) is 0 Å². The van der Waals surface area contributed by atoms with Crippen LogP contribution < -0.4 is 0 Å². The number of allylic oxidation sites excluding steroid dienone is 1. The van der Waals surface area contributed by atoms with Gasteiger partial charge < -0.3 is 0 Å². The van der Waals surface area contributed by atoms with Gasteiger partial charge in [-0.2, -0.15) is 0 Å². The van der Waals surface area contributed by atoms with E-state index >= 15 is 0 Å². The molecule has 43 valence electrons. The summed E-state index contributed by atoms with van der Waals surface area (Å²) in [6.07, 6.45) is 5.48. The van der Waals surface area contributed by atoms with Crippen LogP contribution in [0, 0.1) is 18.4 Å². The first kappa shape index (κ1) is 4.60. The van der Waals surface area contributed by atoms with Gasteiger partial charge in [-0.3, -0.25) is 0 Å². The van der Waals surface area contributed by atoms with Crippen LogP contribution in [-0.2, 0) is 0 Å². The van der Waals surface area contributed by atoms with Crippen LogP contribution in [0.15, 0.2) is 5.57 Å². The molecule has 0 aromatic carbocycles. The Balaban J connectivity index is 2.22. The van der Waals surface area contributed by atoms with Gasteiger partial charge in [0.15, 0.2) is 0 Å². The lowest BCUT2D eigenvalue weighted by Crippen LogP contribution is -1.95. The van der Waals surface area contributed by atoms with Gasteiger partial charge in [-0.1, -0.05) is 12.2 Å². The van der Waals surface area contributed by atoms with Gasteiger partial charge in [0.05, 0.1) is 0 Å². The predicted molar refractivity (Wildman–Crippen MR) is 33.3 cm³/mol. The van der Waals surface area contributed by atoms with Gasteiger partial charge in [-0.25, -0.2) is 0 Å². The van der Waals surface area contributed by atoms with Crippen LogP contribution in [0.1, 0.15) is 25.7 Å². The summed E-state index contributed by atoms with van der Waals surface area (Å²) in [6.45, 7) is 5.74. The molecule has 0 aromatic rings. The smallest absolute Gasteiger partial charge is 0.0197 e. The first-order chi connectivity index (χ1) is 3.86. The molecule has 2 aliphatic carbocycles. The van der Waals surface area contributed by atoms with E-state index in [-0.39, 0.29) is 0 Å². The molecule has 0 heteroatoms. The summed E-state index contributed by atoms with van der Waals surface area (Å²) in [5.74, 6) is 1.82. The minimum absolute atomic E-state index is 0.833. The molecule has 0 spiro atoms. The summed E-state index contributed by atoms with van der Waals surface area (Å²) in [7, 11) is 0. The van der Waals surface area contributed by atoms with Gasteiger partial charge in [0.25, 0.3) is 0 Å². The zero-order valence-corrected chi connectivity index (χ0v) is 5.06. The minimum Gasteiger partial charge on any atom is -0.0668 e. The Morgan fingerprint density at radius 3 is 2.50 bits per heavy atom. The molecule has 0 saturated heterocycles. The van der Waals surface area contributed by atoms with Crippen LogP contribution in [-0.4, -0.2) is 0 Å². The highest BCUT2D eigenvalue weighted by atomic mass is 14.4. The van der Waals surface area contributed by atoms with Crippen LogP contribution in [0.3, 0.4) is 0 Å². The highest BCUT2D eigenvalue weighted by Gasteiger charge is 2.33. The Morgan fingerprint density at radius 2 is 2.25 bits per heavy atom. The summed E-state index contributed by atoms with van der Waals surface area (Å²) < 4.78 is 0.